The van der Waals surface area contributed by atoms with Crippen molar-refractivity contribution in [3.63, 3.8) is 0 Å². The number of benzene rings is 1. The maximum atomic E-state index is 13.4. The highest BCUT2D eigenvalue weighted by Crippen LogP contribution is 2.25. The van der Waals surface area contributed by atoms with Crippen LogP contribution in [0.4, 0.5) is 13.2 Å². The van der Waals surface area contributed by atoms with E-state index in [0.29, 0.717) is 12.6 Å². The zero-order valence-corrected chi connectivity index (χ0v) is 9.64. The first-order valence-electron chi connectivity index (χ1n) is 5.23. The molecule has 0 spiro atoms. The van der Waals surface area contributed by atoms with E-state index in [2.05, 4.69) is 5.32 Å². The molecule has 18 heavy (non-hydrogen) atoms. The van der Waals surface area contributed by atoms with Gasteiger partial charge < -0.3 is 16.2 Å². The van der Waals surface area contributed by atoms with Crippen LogP contribution in [0.2, 0.25) is 0 Å². The molecule has 0 aliphatic rings. The third-order valence-corrected chi connectivity index (χ3v) is 2.39. The summed E-state index contributed by atoms with van der Waals surface area (Å²) in [5, 5.41) is 11.3. The van der Waals surface area contributed by atoms with Crippen molar-refractivity contribution < 1.29 is 23.1 Å². The fourth-order valence-electron chi connectivity index (χ4n) is 1.20. The molecule has 4 nitrogen and oxygen atoms in total. The lowest BCUT2D eigenvalue weighted by Gasteiger charge is -2.11. The Morgan fingerprint density at radius 2 is 2.06 bits per heavy atom. The van der Waals surface area contributed by atoms with Gasteiger partial charge in [0.1, 0.15) is 0 Å². The van der Waals surface area contributed by atoms with Crippen LogP contribution in [0, 0.1) is 23.4 Å². The first kappa shape index (κ1) is 14.3. The van der Waals surface area contributed by atoms with Crippen LogP contribution >= 0.6 is 0 Å². The van der Waals surface area contributed by atoms with Crippen LogP contribution in [0.15, 0.2) is 6.07 Å². The van der Waals surface area contributed by atoms with Crippen LogP contribution in [-0.2, 0) is 0 Å². The van der Waals surface area contributed by atoms with E-state index in [-0.39, 0.29) is 12.5 Å². The van der Waals surface area contributed by atoms with Crippen molar-refractivity contribution in [3.8, 4) is 5.75 Å². The molecule has 0 heterocycles. The van der Waals surface area contributed by atoms with Crippen LogP contribution in [-0.4, -0.2) is 24.1 Å². The molecule has 7 heteroatoms. The predicted molar refractivity (Wildman–Crippen MR) is 58.5 cm³/mol. The molecule has 1 unspecified atom stereocenters. The molecule has 4 N–H and O–H groups in total. The van der Waals surface area contributed by atoms with Crippen molar-refractivity contribution in [2.24, 2.45) is 11.7 Å². The molecule has 1 atom stereocenters. The summed E-state index contributed by atoms with van der Waals surface area (Å²) in [7, 11) is 0. The molecule has 1 rings (SSSR count). The second-order valence-corrected chi connectivity index (χ2v) is 3.93. The Balaban J connectivity index is 2.93. The van der Waals surface area contributed by atoms with Crippen LogP contribution in [0.25, 0.3) is 0 Å². The van der Waals surface area contributed by atoms with Gasteiger partial charge in [-0.15, -0.1) is 0 Å². The van der Waals surface area contributed by atoms with Gasteiger partial charge in [0, 0.05) is 6.54 Å². The number of phenols is 1. The van der Waals surface area contributed by atoms with E-state index < -0.39 is 34.7 Å². The first-order valence-corrected chi connectivity index (χ1v) is 5.23. The summed E-state index contributed by atoms with van der Waals surface area (Å²) in [6.45, 7) is 2.22. The maximum Gasteiger partial charge on any atom is 0.254 e. The van der Waals surface area contributed by atoms with E-state index in [4.69, 9.17) is 10.8 Å². The molecule has 100 valence electrons. The lowest BCUT2D eigenvalue weighted by molar-refractivity contribution is 0.0942. The summed E-state index contributed by atoms with van der Waals surface area (Å²) in [6.07, 6.45) is 0. The average molecular weight is 262 g/mol. The molecule has 0 bridgehead atoms. The Kier molecular flexibility index (Phi) is 4.55. The molecule has 0 saturated carbocycles. The van der Waals surface area contributed by atoms with E-state index in [1.807, 2.05) is 0 Å². The van der Waals surface area contributed by atoms with Gasteiger partial charge in [-0.25, -0.2) is 8.78 Å². The van der Waals surface area contributed by atoms with Gasteiger partial charge in [-0.3, -0.25) is 4.79 Å². The van der Waals surface area contributed by atoms with E-state index in [1.165, 1.54) is 0 Å². The number of hydrogen-bond donors (Lipinski definition) is 3. The van der Waals surface area contributed by atoms with Crippen LogP contribution in [0.1, 0.15) is 17.3 Å². The van der Waals surface area contributed by atoms with Crippen molar-refractivity contribution in [3.05, 3.63) is 29.1 Å². The lowest BCUT2D eigenvalue weighted by Crippen LogP contribution is -2.31. The summed E-state index contributed by atoms with van der Waals surface area (Å²) >= 11 is 0. The van der Waals surface area contributed by atoms with Gasteiger partial charge in [-0.1, -0.05) is 6.92 Å². The number of halogens is 3. The fourth-order valence-corrected chi connectivity index (χ4v) is 1.20. The van der Waals surface area contributed by atoms with Gasteiger partial charge in [0.2, 0.25) is 5.82 Å². The highest BCUT2D eigenvalue weighted by Gasteiger charge is 2.22. The number of hydrogen-bond acceptors (Lipinski definition) is 3. The predicted octanol–water partition coefficient (Wildman–Crippen LogP) is 1.13. The molecule has 0 fully saturated rings. The average Bonchev–Trinajstić information content (AvgIpc) is 2.37. The molecule has 1 aromatic carbocycles. The molecular formula is C11H13F3N2O2. The monoisotopic (exact) mass is 262 g/mol. The third-order valence-electron chi connectivity index (χ3n) is 2.39. The summed E-state index contributed by atoms with van der Waals surface area (Å²) in [6, 6.07) is 0.396. The standard InChI is InChI=1S/C11H13F3N2O2/c1-5(3-15)4-16-11(18)6-2-7(12)9(14)10(17)8(6)13/h2,5,17H,3-4,15H2,1H3,(H,16,18). The minimum Gasteiger partial charge on any atom is -0.503 e. The number of nitrogens with one attached hydrogen (secondary N) is 1. The summed E-state index contributed by atoms with van der Waals surface area (Å²) in [5.74, 6) is -7.21. The Morgan fingerprint density at radius 1 is 1.44 bits per heavy atom. The van der Waals surface area contributed by atoms with Crippen LogP contribution in [0.3, 0.4) is 0 Å². The number of nitrogens with two attached hydrogens (primary N) is 1. The van der Waals surface area contributed by atoms with Crippen molar-refractivity contribution in [1.29, 1.82) is 0 Å². The minimum absolute atomic E-state index is 0.0455. The normalized spacial score (nSPS) is 12.3. The van der Waals surface area contributed by atoms with Crippen molar-refractivity contribution in [1.82, 2.24) is 5.32 Å². The molecule has 1 aromatic rings. The SMILES string of the molecule is CC(CN)CNC(=O)c1cc(F)c(F)c(O)c1F. The molecule has 0 saturated heterocycles. The van der Waals surface area contributed by atoms with Crippen LogP contribution in [0.5, 0.6) is 5.75 Å². The highest BCUT2D eigenvalue weighted by atomic mass is 19.2. The van der Waals surface area contributed by atoms with E-state index in [9.17, 15) is 18.0 Å². The van der Waals surface area contributed by atoms with Crippen molar-refractivity contribution in [2.45, 2.75) is 6.92 Å². The minimum atomic E-state index is -1.72. The smallest absolute Gasteiger partial charge is 0.254 e. The Morgan fingerprint density at radius 3 is 2.61 bits per heavy atom. The summed E-state index contributed by atoms with van der Waals surface area (Å²) < 4.78 is 39.1. The summed E-state index contributed by atoms with van der Waals surface area (Å²) in [5.41, 5.74) is 4.57. The van der Waals surface area contributed by atoms with Gasteiger partial charge in [0.05, 0.1) is 5.56 Å². The largest absolute Gasteiger partial charge is 0.503 e. The number of carbonyl (C=O) groups is 1. The topological polar surface area (TPSA) is 75.3 Å². The van der Waals surface area contributed by atoms with Gasteiger partial charge >= 0.3 is 0 Å². The number of phenolic OH excluding ortho intramolecular Hbond substituents is 1. The van der Waals surface area contributed by atoms with E-state index >= 15 is 0 Å². The molecule has 0 aromatic heterocycles. The van der Waals surface area contributed by atoms with E-state index in [1.54, 1.807) is 6.92 Å². The zero-order valence-electron chi connectivity index (χ0n) is 9.64. The fraction of sp³-hybridized carbons (Fsp3) is 0.364. The lowest BCUT2D eigenvalue weighted by atomic mass is 10.1. The van der Waals surface area contributed by atoms with Gasteiger partial charge in [0.25, 0.3) is 5.91 Å². The molecule has 0 aliphatic carbocycles. The molecular weight excluding hydrogens is 249 g/mol. The van der Waals surface area contributed by atoms with Gasteiger partial charge in [-0.2, -0.15) is 4.39 Å². The number of amides is 1. The second kappa shape index (κ2) is 5.72. The molecule has 1 amide bonds. The van der Waals surface area contributed by atoms with Crippen LogP contribution < -0.4 is 11.1 Å². The van der Waals surface area contributed by atoms with Crippen molar-refractivity contribution in [2.75, 3.05) is 13.1 Å². The Bertz CT molecular complexity index is 466. The Labute approximate surface area is 102 Å². The van der Waals surface area contributed by atoms with Crippen molar-refractivity contribution >= 4 is 5.91 Å². The van der Waals surface area contributed by atoms with E-state index in [0.717, 1.165) is 0 Å². The molecule has 0 radical (unpaired) electrons. The number of rotatable bonds is 4. The van der Waals surface area contributed by atoms with Gasteiger partial charge in [-0.05, 0) is 18.5 Å². The maximum absolute atomic E-state index is 13.4. The highest BCUT2D eigenvalue weighted by molar-refractivity contribution is 5.94. The summed E-state index contributed by atoms with van der Waals surface area (Å²) in [4.78, 5) is 11.5. The number of carbonyl (C=O) groups excluding carboxylic acids is 1. The second-order valence-electron chi connectivity index (χ2n) is 3.93. The Hall–Kier alpha value is -1.76. The number of aromatic hydroxyl groups is 1. The van der Waals surface area contributed by atoms with Gasteiger partial charge in [0.15, 0.2) is 17.4 Å². The third kappa shape index (κ3) is 2.92. The molecule has 0 aliphatic heterocycles. The first-order chi connectivity index (χ1) is 8.38. The zero-order chi connectivity index (χ0) is 13.9. The quantitative estimate of drug-likeness (QED) is 0.712.